The predicted octanol–water partition coefficient (Wildman–Crippen LogP) is 3.44. The lowest BCUT2D eigenvalue weighted by atomic mass is 10.0. The number of alkyl halides is 3. The van der Waals surface area contributed by atoms with Gasteiger partial charge in [-0.25, -0.2) is 4.99 Å². The molecule has 0 fully saturated rings. The Kier molecular flexibility index (Phi) is 9.87. The van der Waals surface area contributed by atoms with E-state index in [9.17, 15) is 13.2 Å². The smallest absolute Gasteiger partial charge is 0.405 e. The summed E-state index contributed by atoms with van der Waals surface area (Å²) >= 11 is 0. The molecule has 0 heterocycles. The van der Waals surface area contributed by atoms with Crippen LogP contribution in [0, 0.1) is 5.92 Å². The van der Waals surface area contributed by atoms with Crippen molar-refractivity contribution in [3.63, 3.8) is 0 Å². The lowest BCUT2D eigenvalue weighted by molar-refractivity contribution is -0.274. The van der Waals surface area contributed by atoms with Gasteiger partial charge in [-0.1, -0.05) is 31.5 Å². The highest BCUT2D eigenvalue weighted by atomic mass is 19.4. The van der Waals surface area contributed by atoms with Crippen molar-refractivity contribution in [3.05, 3.63) is 29.8 Å². The van der Waals surface area contributed by atoms with E-state index in [2.05, 4.69) is 27.3 Å². The van der Waals surface area contributed by atoms with Gasteiger partial charge >= 0.3 is 6.36 Å². The molecular formula is C18H28F3N3O2. The number of ether oxygens (including phenoxy) is 1. The highest BCUT2D eigenvalue weighted by molar-refractivity contribution is 5.79. The molecular weight excluding hydrogens is 347 g/mol. The van der Waals surface area contributed by atoms with Crippen molar-refractivity contribution in [1.29, 1.82) is 0 Å². The molecule has 5 nitrogen and oxygen atoms in total. The molecule has 0 aliphatic rings. The Morgan fingerprint density at radius 3 is 2.54 bits per heavy atom. The molecule has 0 amide bonds. The molecule has 1 rings (SSSR count). The van der Waals surface area contributed by atoms with Crippen molar-refractivity contribution in [2.24, 2.45) is 10.9 Å². The van der Waals surface area contributed by atoms with E-state index in [4.69, 9.17) is 5.11 Å². The van der Waals surface area contributed by atoms with Crippen molar-refractivity contribution in [3.8, 4) is 5.75 Å². The van der Waals surface area contributed by atoms with E-state index >= 15 is 0 Å². The maximum Gasteiger partial charge on any atom is 0.573 e. The summed E-state index contributed by atoms with van der Waals surface area (Å²) in [6.45, 7) is 5.45. The molecule has 0 spiro atoms. The Hall–Kier alpha value is -1.96. The fourth-order valence-corrected chi connectivity index (χ4v) is 2.54. The zero-order valence-electron chi connectivity index (χ0n) is 15.3. The Morgan fingerprint density at radius 2 is 1.92 bits per heavy atom. The summed E-state index contributed by atoms with van der Waals surface area (Å²) in [5, 5.41) is 15.4. The molecule has 3 N–H and O–H groups in total. The van der Waals surface area contributed by atoms with Crippen LogP contribution in [0.5, 0.6) is 5.75 Å². The fraction of sp³-hybridized carbons (Fsp3) is 0.611. The second kappa shape index (κ2) is 11.6. The lowest BCUT2D eigenvalue weighted by Gasteiger charge is -2.18. The SMILES string of the molecule is CCCC(CCO)CNC(=NCc1ccccc1OC(F)(F)F)NCC. The summed E-state index contributed by atoms with van der Waals surface area (Å²) in [5.41, 5.74) is 0.350. The molecule has 1 unspecified atom stereocenters. The fourth-order valence-electron chi connectivity index (χ4n) is 2.54. The third kappa shape index (κ3) is 8.94. The van der Waals surface area contributed by atoms with Gasteiger partial charge in [-0.05, 0) is 31.7 Å². The number of halogens is 3. The maximum atomic E-state index is 12.5. The van der Waals surface area contributed by atoms with Gasteiger partial charge in [0.25, 0.3) is 0 Å². The molecule has 0 aliphatic carbocycles. The number of aliphatic hydroxyl groups excluding tert-OH is 1. The molecule has 0 radical (unpaired) electrons. The van der Waals surface area contributed by atoms with Gasteiger partial charge in [0, 0.05) is 25.3 Å². The highest BCUT2D eigenvalue weighted by Crippen LogP contribution is 2.26. The van der Waals surface area contributed by atoms with Gasteiger partial charge in [-0.3, -0.25) is 0 Å². The zero-order valence-corrected chi connectivity index (χ0v) is 15.3. The van der Waals surface area contributed by atoms with Gasteiger partial charge in [0.1, 0.15) is 5.75 Å². The Balaban J connectivity index is 2.77. The number of benzene rings is 1. The molecule has 8 heteroatoms. The average molecular weight is 375 g/mol. The third-order valence-corrected chi connectivity index (χ3v) is 3.74. The number of nitrogens with zero attached hydrogens (tertiary/aromatic N) is 1. The third-order valence-electron chi connectivity index (χ3n) is 3.74. The first-order valence-corrected chi connectivity index (χ1v) is 8.86. The predicted molar refractivity (Wildman–Crippen MR) is 96.0 cm³/mol. The van der Waals surface area contributed by atoms with E-state index in [1.54, 1.807) is 12.1 Å². The van der Waals surface area contributed by atoms with Crippen molar-refractivity contribution in [1.82, 2.24) is 10.6 Å². The number of rotatable bonds is 10. The first kappa shape index (κ1) is 22.1. The summed E-state index contributed by atoms with van der Waals surface area (Å²) in [7, 11) is 0. The lowest BCUT2D eigenvalue weighted by Crippen LogP contribution is -2.40. The van der Waals surface area contributed by atoms with Crippen LogP contribution in [0.15, 0.2) is 29.3 Å². The molecule has 0 saturated carbocycles. The van der Waals surface area contributed by atoms with Crippen LogP contribution in [0.2, 0.25) is 0 Å². The first-order chi connectivity index (χ1) is 12.4. The molecule has 0 aromatic heterocycles. The van der Waals surface area contributed by atoms with Gasteiger partial charge in [0.05, 0.1) is 6.54 Å². The Bertz CT molecular complexity index is 545. The average Bonchev–Trinajstić information content (AvgIpc) is 2.57. The van der Waals surface area contributed by atoms with E-state index in [-0.39, 0.29) is 18.9 Å². The number of guanidine groups is 1. The van der Waals surface area contributed by atoms with Gasteiger partial charge in [0.2, 0.25) is 0 Å². The van der Waals surface area contributed by atoms with Crippen LogP contribution >= 0.6 is 0 Å². The number of hydrogen-bond acceptors (Lipinski definition) is 3. The van der Waals surface area contributed by atoms with E-state index < -0.39 is 6.36 Å². The number of aliphatic hydroxyl groups is 1. The Morgan fingerprint density at radius 1 is 1.19 bits per heavy atom. The van der Waals surface area contributed by atoms with Gasteiger partial charge in [-0.15, -0.1) is 13.2 Å². The van der Waals surface area contributed by atoms with Gasteiger partial charge < -0.3 is 20.5 Å². The van der Waals surface area contributed by atoms with E-state index in [0.717, 1.165) is 12.8 Å². The topological polar surface area (TPSA) is 65.9 Å². The quantitative estimate of drug-likeness (QED) is 0.433. The van der Waals surface area contributed by atoms with Crippen LogP contribution in [-0.2, 0) is 6.54 Å². The van der Waals surface area contributed by atoms with Crippen molar-refractivity contribution < 1.29 is 23.0 Å². The molecule has 1 aromatic rings. The van der Waals surface area contributed by atoms with Gasteiger partial charge in [0.15, 0.2) is 5.96 Å². The minimum atomic E-state index is -4.74. The molecule has 0 saturated heterocycles. The zero-order chi connectivity index (χ0) is 19.4. The van der Waals surface area contributed by atoms with E-state index in [0.29, 0.717) is 37.0 Å². The standard InChI is InChI=1S/C18H28F3N3O2/c1-3-7-14(10-11-25)12-23-17(22-4-2)24-13-15-8-5-6-9-16(15)26-18(19,20)21/h5-6,8-9,14,25H,3-4,7,10-13H2,1-2H3,(H2,22,23,24). The van der Waals surface area contributed by atoms with Crippen LogP contribution in [0.25, 0.3) is 0 Å². The molecule has 1 aromatic carbocycles. The largest absolute Gasteiger partial charge is 0.573 e. The monoisotopic (exact) mass is 375 g/mol. The second-order valence-electron chi connectivity index (χ2n) is 5.90. The normalized spacial score (nSPS) is 13.4. The number of hydrogen-bond donors (Lipinski definition) is 3. The van der Waals surface area contributed by atoms with Crippen LogP contribution in [0.4, 0.5) is 13.2 Å². The van der Waals surface area contributed by atoms with Crippen molar-refractivity contribution >= 4 is 5.96 Å². The molecule has 0 aliphatic heterocycles. The maximum absolute atomic E-state index is 12.5. The number of para-hydroxylation sites is 1. The minimum Gasteiger partial charge on any atom is -0.405 e. The van der Waals surface area contributed by atoms with Crippen LogP contribution in [0.3, 0.4) is 0 Å². The van der Waals surface area contributed by atoms with Gasteiger partial charge in [-0.2, -0.15) is 0 Å². The van der Waals surface area contributed by atoms with Crippen LogP contribution in [0.1, 0.15) is 38.7 Å². The second-order valence-corrected chi connectivity index (χ2v) is 5.90. The number of nitrogens with one attached hydrogen (secondary N) is 2. The summed E-state index contributed by atoms with van der Waals surface area (Å²) in [6, 6.07) is 5.96. The highest BCUT2D eigenvalue weighted by Gasteiger charge is 2.31. The van der Waals surface area contributed by atoms with Crippen LogP contribution in [-0.4, -0.2) is 37.1 Å². The molecule has 0 bridgehead atoms. The van der Waals surface area contributed by atoms with Crippen LogP contribution < -0.4 is 15.4 Å². The summed E-state index contributed by atoms with van der Waals surface area (Å²) in [6.07, 6.45) is -2.04. The molecule has 148 valence electrons. The summed E-state index contributed by atoms with van der Waals surface area (Å²) in [4.78, 5) is 4.35. The summed E-state index contributed by atoms with van der Waals surface area (Å²) < 4.78 is 41.5. The molecule has 1 atom stereocenters. The first-order valence-electron chi connectivity index (χ1n) is 8.86. The molecule has 26 heavy (non-hydrogen) atoms. The van der Waals surface area contributed by atoms with Crippen molar-refractivity contribution in [2.75, 3.05) is 19.7 Å². The van der Waals surface area contributed by atoms with Crippen molar-refractivity contribution in [2.45, 2.75) is 46.0 Å². The van der Waals surface area contributed by atoms with E-state index in [1.807, 2.05) is 6.92 Å². The number of aliphatic imine (C=N–C) groups is 1. The summed E-state index contributed by atoms with van der Waals surface area (Å²) in [5.74, 6) is 0.590. The van der Waals surface area contributed by atoms with E-state index in [1.165, 1.54) is 12.1 Å². The minimum absolute atomic E-state index is 0.0556. The Labute approximate surface area is 152 Å².